The van der Waals surface area contributed by atoms with Crippen molar-refractivity contribution in [3.05, 3.63) is 38.3 Å². The van der Waals surface area contributed by atoms with Crippen LogP contribution in [0.15, 0.2) is 22.7 Å². The molecule has 114 valence electrons. The number of halogens is 1. The lowest BCUT2D eigenvalue weighted by Crippen LogP contribution is -2.50. The fourth-order valence-electron chi connectivity index (χ4n) is 2.40. The predicted molar refractivity (Wildman–Crippen MR) is 83.4 cm³/mol. The second-order valence-electron chi connectivity index (χ2n) is 5.34. The van der Waals surface area contributed by atoms with Crippen LogP contribution in [-0.4, -0.2) is 52.9 Å². The first-order valence-electron chi connectivity index (χ1n) is 6.87. The Balaban J connectivity index is 2.09. The zero-order chi connectivity index (χ0) is 15.6. The fraction of sp³-hybridized carbons (Fsp3) is 0.500. The molecular weight excluding hydrogens is 338 g/mol. The van der Waals surface area contributed by atoms with Crippen molar-refractivity contribution in [2.45, 2.75) is 19.9 Å². The lowest BCUT2D eigenvalue weighted by Gasteiger charge is -2.37. The molecule has 0 aliphatic carbocycles. The topological polar surface area (TPSA) is 66.7 Å². The monoisotopic (exact) mass is 355 g/mol. The number of nitro groups is 1. The van der Waals surface area contributed by atoms with Crippen molar-refractivity contribution in [1.82, 2.24) is 9.80 Å². The molecule has 1 aliphatic rings. The lowest BCUT2D eigenvalue weighted by atomic mass is 10.1. The number of nitrogens with zero attached hydrogens (tertiary/aromatic N) is 3. The molecule has 21 heavy (non-hydrogen) atoms. The predicted octanol–water partition coefficient (Wildman–Crippen LogP) is 2.52. The van der Waals surface area contributed by atoms with Gasteiger partial charge in [-0.25, -0.2) is 0 Å². The standard InChI is InChI=1S/C14H18BrN3O3/c1-10(2)16-5-7-17(8-6-16)14(19)12-4-3-11(18(20)21)9-13(12)15/h3-4,9-10H,5-8H2,1-2H3. The minimum atomic E-state index is -0.472. The number of carbonyl (C=O) groups is 1. The Labute approximate surface area is 132 Å². The van der Waals surface area contributed by atoms with E-state index >= 15 is 0 Å². The Bertz CT molecular complexity index is 554. The van der Waals surface area contributed by atoms with Crippen LogP contribution < -0.4 is 0 Å². The van der Waals surface area contributed by atoms with Gasteiger partial charge in [0.05, 0.1) is 10.5 Å². The molecular formula is C14H18BrN3O3. The Morgan fingerprint density at radius 1 is 1.29 bits per heavy atom. The Morgan fingerprint density at radius 3 is 2.38 bits per heavy atom. The van der Waals surface area contributed by atoms with Gasteiger partial charge in [-0.05, 0) is 35.8 Å². The number of amides is 1. The summed E-state index contributed by atoms with van der Waals surface area (Å²) < 4.78 is 0.466. The third-order valence-corrected chi connectivity index (χ3v) is 4.38. The molecule has 6 nitrogen and oxygen atoms in total. The number of benzene rings is 1. The maximum atomic E-state index is 12.5. The van der Waals surface area contributed by atoms with Crippen molar-refractivity contribution in [1.29, 1.82) is 0 Å². The maximum Gasteiger partial charge on any atom is 0.270 e. The van der Waals surface area contributed by atoms with Gasteiger partial charge in [0.25, 0.3) is 11.6 Å². The van der Waals surface area contributed by atoms with Gasteiger partial charge in [0.2, 0.25) is 0 Å². The van der Waals surface area contributed by atoms with Crippen LogP contribution in [-0.2, 0) is 0 Å². The summed E-state index contributed by atoms with van der Waals surface area (Å²) in [5.74, 6) is -0.0832. The SMILES string of the molecule is CC(C)N1CCN(C(=O)c2ccc([N+](=O)[O-])cc2Br)CC1. The first-order chi connectivity index (χ1) is 9.90. The number of piperazine rings is 1. The molecule has 1 saturated heterocycles. The smallest absolute Gasteiger partial charge is 0.270 e. The quantitative estimate of drug-likeness (QED) is 0.617. The van der Waals surface area contributed by atoms with Crippen molar-refractivity contribution >= 4 is 27.5 Å². The number of hydrogen-bond acceptors (Lipinski definition) is 4. The first kappa shape index (κ1) is 15.9. The van der Waals surface area contributed by atoms with E-state index in [1.165, 1.54) is 18.2 Å². The molecule has 1 aromatic carbocycles. The molecule has 1 fully saturated rings. The van der Waals surface area contributed by atoms with Crippen molar-refractivity contribution < 1.29 is 9.72 Å². The second kappa shape index (κ2) is 6.53. The molecule has 1 amide bonds. The van der Waals surface area contributed by atoms with E-state index in [4.69, 9.17) is 0 Å². The summed E-state index contributed by atoms with van der Waals surface area (Å²) in [6.07, 6.45) is 0. The number of hydrogen-bond donors (Lipinski definition) is 0. The number of carbonyl (C=O) groups excluding carboxylic acids is 1. The van der Waals surface area contributed by atoms with Gasteiger partial charge in [-0.15, -0.1) is 0 Å². The van der Waals surface area contributed by atoms with Crippen LogP contribution in [0.3, 0.4) is 0 Å². The number of nitro benzene ring substituents is 1. The van der Waals surface area contributed by atoms with Gasteiger partial charge in [-0.1, -0.05) is 0 Å². The highest BCUT2D eigenvalue weighted by molar-refractivity contribution is 9.10. The highest BCUT2D eigenvalue weighted by Crippen LogP contribution is 2.24. The Morgan fingerprint density at radius 2 is 1.90 bits per heavy atom. The Kier molecular flexibility index (Phi) is 4.95. The summed E-state index contributed by atoms with van der Waals surface area (Å²) in [5, 5.41) is 10.7. The molecule has 0 radical (unpaired) electrons. The van der Waals surface area contributed by atoms with Crippen LogP contribution in [0.1, 0.15) is 24.2 Å². The highest BCUT2D eigenvalue weighted by atomic mass is 79.9. The summed E-state index contributed by atoms with van der Waals surface area (Å²) in [6.45, 7) is 7.36. The summed E-state index contributed by atoms with van der Waals surface area (Å²) in [4.78, 5) is 26.9. The largest absolute Gasteiger partial charge is 0.336 e. The van der Waals surface area contributed by atoms with Gasteiger partial charge in [0.1, 0.15) is 0 Å². The fourth-order valence-corrected chi connectivity index (χ4v) is 2.94. The third-order valence-electron chi connectivity index (χ3n) is 3.73. The molecule has 0 spiro atoms. The molecule has 1 aromatic rings. The van der Waals surface area contributed by atoms with Gasteiger partial charge >= 0.3 is 0 Å². The summed E-state index contributed by atoms with van der Waals surface area (Å²) in [5.41, 5.74) is 0.446. The third kappa shape index (κ3) is 3.59. The van der Waals surface area contributed by atoms with Crippen LogP contribution in [0, 0.1) is 10.1 Å². The molecule has 0 saturated carbocycles. The number of non-ortho nitro benzene ring substituents is 1. The van der Waals surface area contributed by atoms with E-state index in [2.05, 4.69) is 34.7 Å². The summed E-state index contributed by atoms with van der Waals surface area (Å²) >= 11 is 3.26. The van der Waals surface area contributed by atoms with Gasteiger partial charge in [-0.3, -0.25) is 19.8 Å². The van der Waals surface area contributed by atoms with Crippen LogP contribution in [0.4, 0.5) is 5.69 Å². The van der Waals surface area contributed by atoms with Crippen molar-refractivity contribution in [2.24, 2.45) is 0 Å². The van der Waals surface area contributed by atoms with E-state index in [0.717, 1.165) is 13.1 Å². The molecule has 7 heteroatoms. The van der Waals surface area contributed by atoms with E-state index in [1.807, 2.05) is 0 Å². The van der Waals surface area contributed by atoms with Gasteiger partial charge in [0, 0.05) is 48.8 Å². The van der Waals surface area contributed by atoms with Gasteiger partial charge < -0.3 is 4.90 Å². The molecule has 0 unspecified atom stereocenters. The molecule has 1 aliphatic heterocycles. The summed E-state index contributed by atoms with van der Waals surface area (Å²) in [7, 11) is 0. The van der Waals surface area contributed by atoms with Crippen LogP contribution in [0.5, 0.6) is 0 Å². The average molecular weight is 356 g/mol. The molecule has 1 heterocycles. The highest BCUT2D eigenvalue weighted by Gasteiger charge is 2.25. The number of rotatable bonds is 3. The normalized spacial score (nSPS) is 16.3. The van der Waals surface area contributed by atoms with Crippen molar-refractivity contribution in [3.8, 4) is 0 Å². The second-order valence-corrected chi connectivity index (χ2v) is 6.20. The van der Waals surface area contributed by atoms with Crippen LogP contribution in [0.2, 0.25) is 0 Å². The van der Waals surface area contributed by atoms with E-state index in [1.54, 1.807) is 4.90 Å². The van der Waals surface area contributed by atoms with Crippen molar-refractivity contribution in [2.75, 3.05) is 26.2 Å². The minimum Gasteiger partial charge on any atom is -0.336 e. The van der Waals surface area contributed by atoms with E-state index < -0.39 is 4.92 Å². The average Bonchev–Trinajstić information content (AvgIpc) is 2.46. The summed E-state index contributed by atoms with van der Waals surface area (Å²) in [6, 6.07) is 4.73. The lowest BCUT2D eigenvalue weighted by molar-refractivity contribution is -0.384. The Hall–Kier alpha value is -1.47. The van der Waals surface area contributed by atoms with Crippen LogP contribution >= 0.6 is 15.9 Å². The molecule has 2 rings (SSSR count). The van der Waals surface area contributed by atoms with E-state index in [9.17, 15) is 14.9 Å². The molecule has 0 N–H and O–H groups in total. The first-order valence-corrected chi connectivity index (χ1v) is 7.66. The minimum absolute atomic E-state index is 0.0250. The maximum absolute atomic E-state index is 12.5. The zero-order valence-electron chi connectivity index (χ0n) is 12.1. The molecule has 0 aromatic heterocycles. The zero-order valence-corrected chi connectivity index (χ0v) is 13.7. The van der Waals surface area contributed by atoms with Gasteiger partial charge in [0.15, 0.2) is 0 Å². The van der Waals surface area contributed by atoms with Crippen LogP contribution in [0.25, 0.3) is 0 Å². The van der Waals surface area contributed by atoms with Crippen molar-refractivity contribution in [3.63, 3.8) is 0 Å². The molecule has 0 bridgehead atoms. The molecule has 0 atom stereocenters. The van der Waals surface area contributed by atoms with E-state index in [0.29, 0.717) is 29.2 Å². The van der Waals surface area contributed by atoms with Gasteiger partial charge in [-0.2, -0.15) is 0 Å². The van der Waals surface area contributed by atoms with E-state index in [-0.39, 0.29) is 11.6 Å².